The van der Waals surface area contributed by atoms with E-state index in [0.29, 0.717) is 6.54 Å². The normalized spacial score (nSPS) is 10.9. The molecule has 68 valence electrons. The molecular formula is C9H20NO-. The van der Waals surface area contributed by atoms with Gasteiger partial charge in [0.05, 0.1) is 0 Å². The maximum Gasteiger partial charge on any atom is -0.0170 e. The van der Waals surface area contributed by atoms with Gasteiger partial charge in [-0.05, 0) is 18.9 Å². The van der Waals surface area contributed by atoms with E-state index in [4.69, 9.17) is 0 Å². The number of rotatable bonds is 7. The summed E-state index contributed by atoms with van der Waals surface area (Å²) in [5, 5.41) is 9.82. The Morgan fingerprint density at radius 3 is 2.27 bits per heavy atom. The molecule has 0 aliphatic carbocycles. The second-order valence-corrected chi connectivity index (χ2v) is 3.49. The molecule has 0 aromatic heterocycles. The molecule has 2 nitrogen and oxygen atoms in total. The van der Waals surface area contributed by atoms with Crippen LogP contribution in [-0.4, -0.2) is 6.54 Å². The van der Waals surface area contributed by atoms with Crippen molar-refractivity contribution < 1.29 is 0 Å². The van der Waals surface area contributed by atoms with Gasteiger partial charge in [-0.1, -0.05) is 39.5 Å². The number of hydrogen-bond acceptors (Lipinski definition) is 2. The standard InChI is InChI=1S/C9H20NO/c1-9(2)7-5-3-4-6-8-10-11/h9-10H,3-8H2,1-2H3/q-1. The molecule has 0 radical (unpaired) electrons. The predicted octanol–water partition coefficient (Wildman–Crippen LogP) is 2.68. The van der Waals surface area contributed by atoms with Crippen molar-refractivity contribution in [2.24, 2.45) is 5.92 Å². The molecule has 0 unspecified atom stereocenters. The van der Waals surface area contributed by atoms with E-state index in [1.54, 1.807) is 0 Å². The molecule has 11 heavy (non-hydrogen) atoms. The van der Waals surface area contributed by atoms with Gasteiger partial charge in [-0.2, -0.15) is 0 Å². The summed E-state index contributed by atoms with van der Waals surface area (Å²) in [6.07, 6.45) is 6.14. The van der Waals surface area contributed by atoms with E-state index in [9.17, 15) is 5.21 Å². The van der Waals surface area contributed by atoms with Crippen molar-refractivity contribution in [1.29, 1.82) is 0 Å². The van der Waals surface area contributed by atoms with Crippen molar-refractivity contribution in [1.82, 2.24) is 5.48 Å². The van der Waals surface area contributed by atoms with Gasteiger partial charge in [0.15, 0.2) is 0 Å². The molecule has 0 aliphatic heterocycles. The second-order valence-electron chi connectivity index (χ2n) is 3.49. The summed E-state index contributed by atoms with van der Waals surface area (Å²) in [7, 11) is 0. The molecule has 1 N–H and O–H groups in total. The predicted molar refractivity (Wildman–Crippen MR) is 49.3 cm³/mol. The van der Waals surface area contributed by atoms with E-state index >= 15 is 0 Å². The van der Waals surface area contributed by atoms with Crippen LogP contribution < -0.4 is 5.48 Å². The van der Waals surface area contributed by atoms with Crippen LogP contribution in [0.15, 0.2) is 0 Å². The molecule has 2 heteroatoms. The van der Waals surface area contributed by atoms with Crippen LogP contribution in [0.1, 0.15) is 46.0 Å². The Kier molecular flexibility index (Phi) is 7.96. The fourth-order valence-corrected chi connectivity index (χ4v) is 1.10. The molecule has 0 spiro atoms. The van der Waals surface area contributed by atoms with E-state index < -0.39 is 0 Å². The van der Waals surface area contributed by atoms with Crippen LogP contribution in [0.5, 0.6) is 0 Å². The number of hydrogen-bond donors (Lipinski definition) is 1. The summed E-state index contributed by atoms with van der Waals surface area (Å²) >= 11 is 0. The zero-order chi connectivity index (χ0) is 8.53. The highest BCUT2D eigenvalue weighted by molar-refractivity contribution is 4.50. The van der Waals surface area contributed by atoms with Crippen LogP contribution in [0.4, 0.5) is 0 Å². The average molecular weight is 158 g/mol. The van der Waals surface area contributed by atoms with Crippen molar-refractivity contribution >= 4 is 0 Å². The minimum atomic E-state index is 0.627. The Morgan fingerprint density at radius 2 is 1.73 bits per heavy atom. The first-order chi connectivity index (χ1) is 5.27. The molecule has 0 aromatic carbocycles. The summed E-state index contributed by atoms with van der Waals surface area (Å²) in [5.74, 6) is 0.827. The lowest BCUT2D eigenvalue weighted by Gasteiger charge is -2.07. The van der Waals surface area contributed by atoms with Gasteiger partial charge in [0.2, 0.25) is 0 Å². The second kappa shape index (κ2) is 8.02. The first-order valence-corrected chi connectivity index (χ1v) is 4.62. The van der Waals surface area contributed by atoms with Crippen LogP contribution in [0.25, 0.3) is 0 Å². The van der Waals surface area contributed by atoms with Crippen LogP contribution in [0.3, 0.4) is 0 Å². The van der Waals surface area contributed by atoms with Gasteiger partial charge < -0.3 is 10.7 Å². The Balaban J connectivity index is 2.80. The van der Waals surface area contributed by atoms with Crippen molar-refractivity contribution in [3.63, 3.8) is 0 Å². The fraction of sp³-hybridized carbons (Fsp3) is 1.00. The van der Waals surface area contributed by atoms with Crippen LogP contribution in [-0.2, 0) is 0 Å². The van der Waals surface area contributed by atoms with E-state index in [1.165, 1.54) is 25.7 Å². The lowest BCUT2D eigenvalue weighted by molar-refractivity contribution is 0.518. The molecule has 0 bridgehead atoms. The van der Waals surface area contributed by atoms with Crippen LogP contribution >= 0.6 is 0 Å². The molecule has 0 saturated carbocycles. The molecule has 0 aliphatic rings. The third-order valence-corrected chi connectivity index (χ3v) is 1.81. The van der Waals surface area contributed by atoms with Crippen molar-refractivity contribution in [3.8, 4) is 0 Å². The summed E-state index contributed by atoms with van der Waals surface area (Å²) < 4.78 is 0. The molecule has 0 atom stereocenters. The maximum atomic E-state index is 9.82. The minimum Gasteiger partial charge on any atom is -0.788 e. The number of unbranched alkanes of at least 4 members (excludes halogenated alkanes) is 3. The Labute approximate surface area is 70.0 Å². The molecule has 0 aromatic rings. The zero-order valence-corrected chi connectivity index (χ0v) is 7.73. The summed E-state index contributed by atoms with van der Waals surface area (Å²) in [4.78, 5) is 0. The third kappa shape index (κ3) is 9.92. The van der Waals surface area contributed by atoms with E-state index in [-0.39, 0.29) is 0 Å². The monoisotopic (exact) mass is 158 g/mol. The number of hydroxylamine groups is 1. The quantitative estimate of drug-likeness (QED) is 0.456. The van der Waals surface area contributed by atoms with Crippen LogP contribution in [0.2, 0.25) is 0 Å². The average Bonchev–Trinajstić information content (AvgIpc) is 1.96. The fourth-order valence-electron chi connectivity index (χ4n) is 1.10. The van der Waals surface area contributed by atoms with Gasteiger partial charge in [-0.25, -0.2) is 0 Å². The number of nitrogens with one attached hydrogen (secondary N) is 1. The Morgan fingerprint density at radius 1 is 1.09 bits per heavy atom. The van der Waals surface area contributed by atoms with Gasteiger partial charge in [-0.3, -0.25) is 0 Å². The zero-order valence-electron chi connectivity index (χ0n) is 7.73. The van der Waals surface area contributed by atoms with Crippen molar-refractivity contribution in [2.75, 3.05) is 6.54 Å². The van der Waals surface area contributed by atoms with Gasteiger partial charge in [0.25, 0.3) is 0 Å². The maximum absolute atomic E-state index is 9.82. The molecule has 0 fully saturated rings. The molecule has 0 saturated heterocycles. The minimum absolute atomic E-state index is 0.627. The SMILES string of the molecule is CC(C)CCCCCCN[O-]. The van der Waals surface area contributed by atoms with Gasteiger partial charge in [0.1, 0.15) is 0 Å². The first kappa shape index (κ1) is 10.9. The molecule has 0 rings (SSSR count). The topological polar surface area (TPSA) is 35.1 Å². The summed E-state index contributed by atoms with van der Waals surface area (Å²) in [6, 6.07) is 0. The van der Waals surface area contributed by atoms with Gasteiger partial charge >= 0.3 is 0 Å². The van der Waals surface area contributed by atoms with E-state index in [2.05, 4.69) is 13.8 Å². The Hall–Kier alpha value is -0.0800. The molecule has 0 heterocycles. The smallest absolute Gasteiger partial charge is 0.0170 e. The molecular weight excluding hydrogens is 138 g/mol. The van der Waals surface area contributed by atoms with Crippen molar-refractivity contribution in [3.05, 3.63) is 5.21 Å². The highest BCUT2D eigenvalue weighted by Gasteiger charge is 1.92. The molecule has 0 amide bonds. The third-order valence-electron chi connectivity index (χ3n) is 1.81. The van der Waals surface area contributed by atoms with Gasteiger partial charge in [-0.15, -0.1) is 0 Å². The van der Waals surface area contributed by atoms with Gasteiger partial charge in [0, 0.05) is 0 Å². The van der Waals surface area contributed by atoms with Crippen LogP contribution in [0, 0.1) is 11.1 Å². The largest absolute Gasteiger partial charge is 0.788 e. The lowest BCUT2D eigenvalue weighted by atomic mass is 10.0. The van der Waals surface area contributed by atoms with E-state index in [1.807, 2.05) is 5.48 Å². The first-order valence-electron chi connectivity index (χ1n) is 4.62. The van der Waals surface area contributed by atoms with Crippen molar-refractivity contribution in [2.45, 2.75) is 46.0 Å². The highest BCUT2D eigenvalue weighted by atomic mass is 16.5. The Bertz CT molecular complexity index is 74.0. The summed E-state index contributed by atoms with van der Waals surface area (Å²) in [5.41, 5.74) is 1.92. The van der Waals surface area contributed by atoms with E-state index in [0.717, 1.165) is 12.3 Å². The summed E-state index contributed by atoms with van der Waals surface area (Å²) in [6.45, 7) is 5.13. The highest BCUT2D eigenvalue weighted by Crippen LogP contribution is 2.08. The lowest BCUT2D eigenvalue weighted by Crippen LogP contribution is -2.04.